The number of hydrogen-bond acceptors (Lipinski definition) is 3. The van der Waals surface area contributed by atoms with Gasteiger partial charge in [0.15, 0.2) is 0 Å². The molecule has 1 atom stereocenters. The molecule has 0 spiro atoms. The molecule has 20 heavy (non-hydrogen) atoms. The molecule has 0 heterocycles. The summed E-state index contributed by atoms with van der Waals surface area (Å²) in [6.45, 7) is 0.417. The minimum Gasteiger partial charge on any atom is -0.387 e. The Bertz CT molecular complexity index is 572. The van der Waals surface area contributed by atoms with Crippen LogP contribution in [0.2, 0.25) is 5.02 Å². The number of nitrogens with one attached hydrogen (secondary N) is 1. The maximum absolute atomic E-state index is 10.2. The summed E-state index contributed by atoms with van der Waals surface area (Å²) in [6.07, 6.45) is -0.633. The monoisotopic (exact) mass is 290 g/mol. The van der Waals surface area contributed by atoms with E-state index in [2.05, 4.69) is 5.32 Å². The SMILES string of the molecule is CN(C)c1cccc(NCC(O)c2ccccc2Cl)c1. The van der Waals surface area contributed by atoms with Crippen molar-refractivity contribution in [2.75, 3.05) is 30.9 Å². The number of aliphatic hydroxyl groups excluding tert-OH is 1. The maximum atomic E-state index is 10.2. The zero-order valence-corrected chi connectivity index (χ0v) is 12.4. The first-order valence-electron chi connectivity index (χ1n) is 6.51. The van der Waals surface area contributed by atoms with Crippen molar-refractivity contribution in [1.82, 2.24) is 0 Å². The summed E-state index contributed by atoms with van der Waals surface area (Å²) in [5, 5.41) is 14.0. The molecule has 0 aromatic heterocycles. The number of anilines is 2. The van der Waals surface area contributed by atoms with Crippen LogP contribution in [0.5, 0.6) is 0 Å². The van der Waals surface area contributed by atoms with Crippen molar-refractivity contribution in [3.63, 3.8) is 0 Å². The second kappa shape index (κ2) is 6.64. The summed E-state index contributed by atoms with van der Waals surface area (Å²) >= 11 is 6.07. The zero-order chi connectivity index (χ0) is 14.5. The van der Waals surface area contributed by atoms with Crippen molar-refractivity contribution < 1.29 is 5.11 Å². The minimum atomic E-state index is -0.633. The predicted molar refractivity (Wildman–Crippen MR) is 85.7 cm³/mol. The van der Waals surface area contributed by atoms with Crippen LogP contribution >= 0.6 is 11.6 Å². The van der Waals surface area contributed by atoms with Crippen LogP contribution in [0.4, 0.5) is 11.4 Å². The first-order valence-corrected chi connectivity index (χ1v) is 6.89. The van der Waals surface area contributed by atoms with E-state index in [-0.39, 0.29) is 0 Å². The first kappa shape index (κ1) is 14.7. The van der Waals surface area contributed by atoms with Crippen molar-refractivity contribution in [2.45, 2.75) is 6.10 Å². The fourth-order valence-electron chi connectivity index (χ4n) is 1.96. The summed E-state index contributed by atoms with van der Waals surface area (Å²) in [5.41, 5.74) is 2.83. The minimum absolute atomic E-state index is 0.417. The van der Waals surface area contributed by atoms with Crippen LogP contribution in [0.25, 0.3) is 0 Å². The second-order valence-electron chi connectivity index (χ2n) is 4.86. The van der Waals surface area contributed by atoms with Gasteiger partial charge in [-0.2, -0.15) is 0 Å². The molecule has 106 valence electrons. The molecule has 2 rings (SSSR count). The number of hydrogen-bond donors (Lipinski definition) is 2. The quantitative estimate of drug-likeness (QED) is 0.884. The zero-order valence-electron chi connectivity index (χ0n) is 11.7. The molecular formula is C16H19ClN2O. The second-order valence-corrected chi connectivity index (χ2v) is 5.27. The number of aliphatic hydroxyl groups is 1. The molecule has 0 saturated carbocycles. The van der Waals surface area contributed by atoms with Gasteiger partial charge < -0.3 is 15.3 Å². The van der Waals surface area contributed by atoms with Gasteiger partial charge in [0.05, 0.1) is 6.10 Å². The summed E-state index contributed by atoms with van der Waals surface area (Å²) in [4.78, 5) is 2.04. The fraction of sp³-hybridized carbons (Fsp3) is 0.250. The van der Waals surface area contributed by atoms with E-state index in [1.807, 2.05) is 61.5 Å². The number of rotatable bonds is 5. The van der Waals surface area contributed by atoms with Gasteiger partial charge in [0.2, 0.25) is 0 Å². The van der Waals surface area contributed by atoms with Gasteiger partial charge in [-0.1, -0.05) is 35.9 Å². The average Bonchev–Trinajstić information content (AvgIpc) is 2.45. The predicted octanol–water partition coefficient (Wildman–Crippen LogP) is 3.55. The fourth-order valence-corrected chi connectivity index (χ4v) is 2.23. The highest BCUT2D eigenvalue weighted by Gasteiger charge is 2.10. The highest BCUT2D eigenvalue weighted by Crippen LogP contribution is 2.23. The molecule has 0 fully saturated rings. The Morgan fingerprint density at radius 1 is 1.15 bits per heavy atom. The Morgan fingerprint density at radius 2 is 1.90 bits per heavy atom. The Hall–Kier alpha value is -1.71. The number of benzene rings is 2. The Kier molecular flexibility index (Phi) is 4.88. The van der Waals surface area contributed by atoms with Gasteiger partial charge in [-0.3, -0.25) is 0 Å². The molecule has 4 heteroatoms. The van der Waals surface area contributed by atoms with Gasteiger partial charge in [-0.15, -0.1) is 0 Å². The molecule has 1 unspecified atom stereocenters. The van der Waals surface area contributed by atoms with Crippen molar-refractivity contribution in [2.24, 2.45) is 0 Å². The lowest BCUT2D eigenvalue weighted by Crippen LogP contribution is -2.13. The third-order valence-corrected chi connectivity index (χ3v) is 3.47. The molecule has 2 aromatic carbocycles. The standard InChI is InChI=1S/C16H19ClN2O/c1-19(2)13-7-5-6-12(10-13)18-11-16(20)14-8-3-4-9-15(14)17/h3-10,16,18,20H,11H2,1-2H3. The van der Waals surface area contributed by atoms with Crippen molar-refractivity contribution in [3.8, 4) is 0 Å². The highest BCUT2D eigenvalue weighted by atomic mass is 35.5. The molecule has 0 radical (unpaired) electrons. The van der Waals surface area contributed by atoms with Crippen LogP contribution < -0.4 is 10.2 Å². The van der Waals surface area contributed by atoms with E-state index in [1.165, 1.54) is 0 Å². The largest absolute Gasteiger partial charge is 0.387 e. The molecule has 0 aliphatic carbocycles. The van der Waals surface area contributed by atoms with E-state index in [1.54, 1.807) is 6.07 Å². The lowest BCUT2D eigenvalue weighted by Gasteiger charge is -2.17. The molecule has 2 N–H and O–H groups in total. The number of nitrogens with zero attached hydrogens (tertiary/aromatic N) is 1. The first-order chi connectivity index (χ1) is 9.58. The van der Waals surface area contributed by atoms with Gasteiger partial charge in [-0.05, 0) is 24.3 Å². The molecule has 0 amide bonds. The molecule has 0 saturated heterocycles. The van der Waals surface area contributed by atoms with Gasteiger partial charge in [0.25, 0.3) is 0 Å². The van der Waals surface area contributed by atoms with Gasteiger partial charge >= 0.3 is 0 Å². The smallest absolute Gasteiger partial charge is 0.0976 e. The number of halogens is 1. The lowest BCUT2D eigenvalue weighted by atomic mass is 10.1. The summed E-state index contributed by atoms with van der Waals surface area (Å²) in [5.74, 6) is 0. The van der Waals surface area contributed by atoms with Gasteiger partial charge in [0.1, 0.15) is 0 Å². The Morgan fingerprint density at radius 3 is 2.60 bits per heavy atom. The van der Waals surface area contributed by atoms with E-state index in [0.29, 0.717) is 11.6 Å². The van der Waals surface area contributed by atoms with Crippen LogP contribution in [-0.4, -0.2) is 25.7 Å². The van der Waals surface area contributed by atoms with E-state index in [4.69, 9.17) is 11.6 Å². The van der Waals surface area contributed by atoms with Crippen LogP contribution in [-0.2, 0) is 0 Å². The Balaban J connectivity index is 2.02. The van der Waals surface area contributed by atoms with E-state index in [0.717, 1.165) is 16.9 Å². The normalized spacial score (nSPS) is 12.0. The van der Waals surface area contributed by atoms with Crippen molar-refractivity contribution >= 4 is 23.0 Å². The van der Waals surface area contributed by atoms with Crippen LogP contribution in [0.15, 0.2) is 48.5 Å². The van der Waals surface area contributed by atoms with Crippen LogP contribution in [0.3, 0.4) is 0 Å². The Labute approximate surface area is 124 Å². The van der Waals surface area contributed by atoms with Crippen molar-refractivity contribution in [3.05, 3.63) is 59.1 Å². The van der Waals surface area contributed by atoms with Gasteiger partial charge in [-0.25, -0.2) is 0 Å². The molecule has 3 nitrogen and oxygen atoms in total. The highest BCUT2D eigenvalue weighted by molar-refractivity contribution is 6.31. The molecule has 2 aromatic rings. The molecule has 0 bridgehead atoms. The van der Waals surface area contributed by atoms with Gasteiger partial charge in [0, 0.05) is 42.6 Å². The maximum Gasteiger partial charge on any atom is 0.0976 e. The van der Waals surface area contributed by atoms with E-state index in [9.17, 15) is 5.11 Å². The molecule has 0 aliphatic rings. The lowest BCUT2D eigenvalue weighted by molar-refractivity contribution is 0.192. The third kappa shape index (κ3) is 3.65. The topological polar surface area (TPSA) is 35.5 Å². The molecular weight excluding hydrogens is 272 g/mol. The summed E-state index contributed by atoms with van der Waals surface area (Å²) in [7, 11) is 4.00. The summed E-state index contributed by atoms with van der Waals surface area (Å²) in [6, 6.07) is 15.4. The van der Waals surface area contributed by atoms with E-state index >= 15 is 0 Å². The van der Waals surface area contributed by atoms with Crippen LogP contribution in [0.1, 0.15) is 11.7 Å². The third-order valence-electron chi connectivity index (χ3n) is 3.13. The van der Waals surface area contributed by atoms with Crippen LogP contribution in [0, 0.1) is 0 Å². The average molecular weight is 291 g/mol. The summed E-state index contributed by atoms with van der Waals surface area (Å²) < 4.78 is 0. The molecule has 0 aliphatic heterocycles. The van der Waals surface area contributed by atoms with E-state index < -0.39 is 6.10 Å². The van der Waals surface area contributed by atoms with Crippen molar-refractivity contribution in [1.29, 1.82) is 0 Å².